The van der Waals surface area contributed by atoms with E-state index in [9.17, 15) is 9.90 Å². The minimum Gasteiger partial charge on any atom is -0.494 e. The topological polar surface area (TPSA) is 84.6 Å². The maximum Gasteiger partial charge on any atom is 0.336 e. The van der Waals surface area contributed by atoms with Gasteiger partial charge in [-0.15, -0.1) is 0 Å². The number of para-hydroxylation sites is 1. The van der Waals surface area contributed by atoms with Crippen LogP contribution in [0.15, 0.2) is 40.8 Å². The summed E-state index contributed by atoms with van der Waals surface area (Å²) < 4.78 is 10.9. The molecule has 0 amide bonds. The van der Waals surface area contributed by atoms with E-state index in [0.717, 1.165) is 5.69 Å². The molecule has 6 nitrogen and oxygen atoms in total. The highest BCUT2D eigenvalue weighted by molar-refractivity contribution is 5.97. The zero-order valence-corrected chi connectivity index (χ0v) is 12.1. The third-order valence-electron chi connectivity index (χ3n) is 3.35. The molecule has 22 heavy (non-hydrogen) atoms. The van der Waals surface area contributed by atoms with Gasteiger partial charge in [0.25, 0.3) is 6.01 Å². The monoisotopic (exact) mass is 298 g/mol. The Bertz CT molecular complexity index is 840. The molecule has 0 saturated carbocycles. The number of fused-ring (bicyclic) bond motifs is 1. The predicted molar refractivity (Wildman–Crippen MR) is 82.0 cm³/mol. The highest BCUT2D eigenvalue weighted by Crippen LogP contribution is 2.34. The molecular weight excluding hydrogens is 284 g/mol. The zero-order chi connectivity index (χ0) is 15.7. The lowest BCUT2D eigenvalue weighted by atomic mass is 10.1. The molecule has 1 aromatic heterocycles. The number of anilines is 2. The molecule has 0 aliphatic carbocycles. The first kappa shape index (κ1) is 13.9. The van der Waals surface area contributed by atoms with Crippen LogP contribution >= 0.6 is 0 Å². The lowest BCUT2D eigenvalue weighted by molar-refractivity contribution is 0.0695. The molecule has 0 radical (unpaired) electrons. The molecular formula is C16H14N2O4. The van der Waals surface area contributed by atoms with Gasteiger partial charge in [-0.25, -0.2) is 4.79 Å². The molecule has 0 atom stereocenters. The molecule has 0 aliphatic rings. The number of nitrogens with zero attached hydrogens (tertiary/aromatic N) is 1. The number of oxazole rings is 1. The van der Waals surface area contributed by atoms with Crippen LogP contribution < -0.4 is 10.1 Å². The summed E-state index contributed by atoms with van der Waals surface area (Å²) in [5, 5.41) is 12.3. The van der Waals surface area contributed by atoms with Crippen molar-refractivity contribution < 1.29 is 19.1 Å². The van der Waals surface area contributed by atoms with Gasteiger partial charge in [0.2, 0.25) is 0 Å². The highest BCUT2D eigenvalue weighted by atomic mass is 16.5. The average molecular weight is 298 g/mol. The fourth-order valence-electron chi connectivity index (χ4n) is 2.30. The largest absolute Gasteiger partial charge is 0.494 e. The predicted octanol–water partition coefficient (Wildman–Crippen LogP) is 3.59. The van der Waals surface area contributed by atoms with E-state index in [-0.39, 0.29) is 11.6 Å². The Morgan fingerprint density at radius 1 is 1.32 bits per heavy atom. The van der Waals surface area contributed by atoms with Gasteiger partial charge in [-0.2, -0.15) is 4.98 Å². The normalized spacial score (nSPS) is 10.6. The number of carbonyl (C=O) groups is 1. The number of ether oxygens (including phenoxy) is 1. The number of carboxylic acids is 1. The van der Waals surface area contributed by atoms with Crippen molar-refractivity contribution in [1.82, 2.24) is 4.98 Å². The Kier molecular flexibility index (Phi) is 3.42. The van der Waals surface area contributed by atoms with Crippen LogP contribution in [-0.4, -0.2) is 23.2 Å². The maximum atomic E-state index is 11.3. The van der Waals surface area contributed by atoms with Crippen molar-refractivity contribution in [2.45, 2.75) is 6.92 Å². The first-order valence-corrected chi connectivity index (χ1v) is 6.63. The standard InChI is InChI=1S/C16H14N2O4/c1-9-11(15(19)20)8-12-13(14(9)21-2)18-16(22-12)17-10-6-4-3-5-7-10/h3-8H,1-2H3,(H,17,18)(H,19,20). The van der Waals surface area contributed by atoms with Gasteiger partial charge in [-0.05, 0) is 25.1 Å². The molecule has 0 fully saturated rings. The van der Waals surface area contributed by atoms with E-state index in [1.54, 1.807) is 6.92 Å². The average Bonchev–Trinajstić information content (AvgIpc) is 2.89. The Hall–Kier alpha value is -3.02. The van der Waals surface area contributed by atoms with Crippen LogP contribution in [0, 0.1) is 6.92 Å². The van der Waals surface area contributed by atoms with E-state index in [4.69, 9.17) is 9.15 Å². The third kappa shape index (κ3) is 2.35. The van der Waals surface area contributed by atoms with Crippen LogP contribution in [0.25, 0.3) is 11.1 Å². The van der Waals surface area contributed by atoms with Crippen molar-refractivity contribution in [2.24, 2.45) is 0 Å². The van der Waals surface area contributed by atoms with E-state index < -0.39 is 5.97 Å². The van der Waals surface area contributed by atoms with Crippen molar-refractivity contribution in [3.05, 3.63) is 47.5 Å². The van der Waals surface area contributed by atoms with Crippen LogP contribution in [0.5, 0.6) is 5.75 Å². The molecule has 0 bridgehead atoms. The SMILES string of the molecule is COc1c(C)c(C(=O)O)cc2oc(Nc3ccccc3)nc12. The van der Waals surface area contributed by atoms with Gasteiger partial charge in [0.1, 0.15) is 0 Å². The summed E-state index contributed by atoms with van der Waals surface area (Å²) in [4.78, 5) is 15.6. The molecule has 112 valence electrons. The summed E-state index contributed by atoms with van der Waals surface area (Å²) >= 11 is 0. The Morgan fingerprint density at radius 3 is 2.68 bits per heavy atom. The third-order valence-corrected chi connectivity index (χ3v) is 3.35. The molecule has 0 saturated heterocycles. The molecule has 3 aromatic rings. The lowest BCUT2D eigenvalue weighted by Gasteiger charge is -2.07. The summed E-state index contributed by atoms with van der Waals surface area (Å²) in [7, 11) is 1.48. The molecule has 2 N–H and O–H groups in total. The van der Waals surface area contributed by atoms with Crippen molar-refractivity contribution in [2.75, 3.05) is 12.4 Å². The highest BCUT2D eigenvalue weighted by Gasteiger charge is 2.20. The number of methoxy groups -OCH3 is 1. The first-order valence-electron chi connectivity index (χ1n) is 6.63. The van der Waals surface area contributed by atoms with Crippen molar-refractivity contribution in [1.29, 1.82) is 0 Å². The van der Waals surface area contributed by atoms with Crippen LogP contribution in [0.2, 0.25) is 0 Å². The molecule has 0 spiro atoms. The molecule has 3 rings (SSSR count). The van der Waals surface area contributed by atoms with Crippen LogP contribution in [0.3, 0.4) is 0 Å². The van der Waals surface area contributed by atoms with Crippen molar-refractivity contribution in [3.8, 4) is 5.75 Å². The minimum absolute atomic E-state index is 0.131. The number of aromatic nitrogens is 1. The Balaban J connectivity index is 2.11. The first-order chi connectivity index (χ1) is 10.6. The smallest absolute Gasteiger partial charge is 0.336 e. The number of hydrogen-bond donors (Lipinski definition) is 2. The molecule has 6 heteroatoms. The minimum atomic E-state index is -1.04. The van der Waals surface area contributed by atoms with Gasteiger partial charge in [0, 0.05) is 11.3 Å². The second kappa shape index (κ2) is 5.40. The summed E-state index contributed by atoms with van der Waals surface area (Å²) in [6.07, 6.45) is 0. The maximum absolute atomic E-state index is 11.3. The fourth-order valence-corrected chi connectivity index (χ4v) is 2.30. The second-order valence-corrected chi connectivity index (χ2v) is 4.74. The van der Waals surface area contributed by atoms with Crippen LogP contribution in [0.1, 0.15) is 15.9 Å². The van der Waals surface area contributed by atoms with Crippen molar-refractivity contribution >= 4 is 28.8 Å². The number of hydrogen-bond acceptors (Lipinski definition) is 5. The fraction of sp³-hybridized carbons (Fsp3) is 0.125. The van der Waals surface area contributed by atoms with Gasteiger partial charge in [-0.1, -0.05) is 18.2 Å². The van der Waals surface area contributed by atoms with Gasteiger partial charge >= 0.3 is 5.97 Å². The lowest BCUT2D eigenvalue weighted by Crippen LogP contribution is -2.02. The number of carboxylic acid groups (broad SMARTS) is 1. The van der Waals surface area contributed by atoms with E-state index >= 15 is 0 Å². The summed E-state index contributed by atoms with van der Waals surface area (Å²) in [6.45, 7) is 1.68. The number of aromatic carboxylic acids is 1. The Labute approximate surface area is 126 Å². The Morgan fingerprint density at radius 2 is 2.05 bits per heavy atom. The van der Waals surface area contributed by atoms with E-state index in [1.165, 1.54) is 13.2 Å². The molecule has 0 aliphatic heterocycles. The molecule has 1 heterocycles. The van der Waals surface area contributed by atoms with Gasteiger partial charge in [0.05, 0.1) is 12.7 Å². The van der Waals surface area contributed by atoms with Crippen LogP contribution in [0.4, 0.5) is 11.7 Å². The molecule has 0 unspecified atom stereocenters. The quantitative estimate of drug-likeness (QED) is 0.765. The van der Waals surface area contributed by atoms with Crippen molar-refractivity contribution in [3.63, 3.8) is 0 Å². The van der Waals surface area contributed by atoms with E-state index in [1.807, 2.05) is 30.3 Å². The summed E-state index contributed by atoms with van der Waals surface area (Å²) in [5.41, 5.74) is 2.32. The molecule has 2 aromatic carbocycles. The number of benzene rings is 2. The van der Waals surface area contributed by atoms with E-state index in [2.05, 4.69) is 10.3 Å². The number of rotatable bonds is 4. The van der Waals surface area contributed by atoms with Gasteiger partial charge in [-0.3, -0.25) is 0 Å². The zero-order valence-electron chi connectivity index (χ0n) is 12.1. The van der Waals surface area contributed by atoms with E-state index in [0.29, 0.717) is 22.4 Å². The summed E-state index contributed by atoms with van der Waals surface area (Å²) in [5.74, 6) is -0.633. The van der Waals surface area contributed by atoms with Crippen LogP contribution in [-0.2, 0) is 0 Å². The second-order valence-electron chi connectivity index (χ2n) is 4.74. The summed E-state index contributed by atoms with van der Waals surface area (Å²) in [6, 6.07) is 11.2. The van der Waals surface area contributed by atoms with Gasteiger partial charge in [0.15, 0.2) is 16.8 Å². The number of nitrogens with one attached hydrogen (secondary N) is 1. The van der Waals surface area contributed by atoms with Gasteiger partial charge < -0.3 is 19.6 Å².